The second-order valence-electron chi connectivity index (χ2n) is 5.30. The zero-order chi connectivity index (χ0) is 13.6. The Hall–Kier alpha value is -1.88. The van der Waals surface area contributed by atoms with Crippen LogP contribution in [0.4, 0.5) is 11.4 Å². The molecule has 100 valence electrons. The number of amides is 2. The van der Waals surface area contributed by atoms with E-state index in [1.807, 2.05) is 18.2 Å². The van der Waals surface area contributed by atoms with E-state index in [-0.39, 0.29) is 18.4 Å². The van der Waals surface area contributed by atoms with E-state index >= 15 is 0 Å². The Bertz CT molecular complexity index is 554. The van der Waals surface area contributed by atoms with E-state index in [2.05, 4.69) is 24.5 Å². The molecule has 0 aliphatic carbocycles. The number of hydrogen-bond donors (Lipinski definition) is 2. The Morgan fingerprint density at radius 1 is 1.32 bits per heavy atom. The zero-order valence-electron chi connectivity index (χ0n) is 11.1. The van der Waals surface area contributed by atoms with E-state index in [9.17, 15) is 9.59 Å². The van der Waals surface area contributed by atoms with Crippen molar-refractivity contribution in [3.63, 3.8) is 0 Å². The van der Waals surface area contributed by atoms with Crippen LogP contribution in [0.2, 0.25) is 0 Å². The van der Waals surface area contributed by atoms with Crippen molar-refractivity contribution < 1.29 is 9.59 Å². The van der Waals surface area contributed by atoms with Crippen molar-refractivity contribution in [2.24, 2.45) is 0 Å². The lowest BCUT2D eigenvalue weighted by Crippen LogP contribution is -2.61. The molecule has 1 fully saturated rings. The average molecular weight is 259 g/mol. The molecule has 0 saturated carbocycles. The van der Waals surface area contributed by atoms with E-state index in [4.69, 9.17) is 0 Å². The fraction of sp³-hybridized carbons (Fsp3) is 0.429. The van der Waals surface area contributed by atoms with E-state index in [0.717, 1.165) is 16.9 Å². The molecule has 2 aliphatic rings. The van der Waals surface area contributed by atoms with Gasteiger partial charge in [-0.3, -0.25) is 14.5 Å². The molecule has 3 rings (SSSR count). The van der Waals surface area contributed by atoms with Crippen molar-refractivity contribution in [1.29, 1.82) is 0 Å². The van der Waals surface area contributed by atoms with Crippen molar-refractivity contribution in [3.8, 4) is 0 Å². The molecule has 0 aromatic heterocycles. The molecular weight excluding hydrogens is 242 g/mol. The Morgan fingerprint density at radius 3 is 2.84 bits per heavy atom. The molecule has 1 unspecified atom stereocenters. The molecule has 0 radical (unpaired) electrons. The average Bonchev–Trinajstić information content (AvgIpc) is 2.38. The first-order valence-electron chi connectivity index (χ1n) is 6.56. The highest BCUT2D eigenvalue weighted by molar-refractivity contribution is 6.13. The van der Waals surface area contributed by atoms with E-state index in [1.165, 1.54) is 0 Å². The minimum absolute atomic E-state index is 0.0479. The Balaban J connectivity index is 2.15. The molecule has 1 saturated heterocycles. The number of nitrogens with zero attached hydrogens (tertiary/aromatic N) is 1. The number of piperazine rings is 1. The van der Waals surface area contributed by atoms with Gasteiger partial charge in [0, 0.05) is 6.54 Å². The van der Waals surface area contributed by atoms with Crippen molar-refractivity contribution in [2.45, 2.75) is 25.8 Å². The second-order valence-corrected chi connectivity index (χ2v) is 5.30. The molecule has 1 aromatic carbocycles. The van der Waals surface area contributed by atoms with Crippen LogP contribution in [0.25, 0.3) is 0 Å². The molecule has 5 nitrogen and oxygen atoms in total. The van der Waals surface area contributed by atoms with Gasteiger partial charge in [0.1, 0.15) is 6.04 Å². The second kappa shape index (κ2) is 4.35. The summed E-state index contributed by atoms with van der Waals surface area (Å²) in [6.07, 6.45) is 0. The predicted molar refractivity (Wildman–Crippen MR) is 73.3 cm³/mol. The van der Waals surface area contributed by atoms with Gasteiger partial charge in [-0.25, -0.2) is 0 Å². The van der Waals surface area contributed by atoms with Crippen molar-refractivity contribution >= 4 is 23.2 Å². The number of rotatable bonds is 1. The SMILES string of the molecule is CC(C)c1cccc2c1NC(=O)C1CNCC(=O)N21. The van der Waals surface area contributed by atoms with Gasteiger partial charge >= 0.3 is 0 Å². The lowest BCUT2D eigenvalue weighted by atomic mass is 9.96. The third kappa shape index (κ3) is 1.81. The molecule has 19 heavy (non-hydrogen) atoms. The topological polar surface area (TPSA) is 61.4 Å². The standard InChI is InChI=1S/C14H17N3O2/c1-8(2)9-4-3-5-10-13(9)16-14(19)11-6-15-7-12(18)17(10)11/h3-5,8,11,15H,6-7H2,1-2H3,(H,16,19). The van der Waals surface area contributed by atoms with E-state index in [1.54, 1.807) is 4.90 Å². The van der Waals surface area contributed by atoms with Gasteiger partial charge in [0.2, 0.25) is 11.8 Å². The number of carbonyl (C=O) groups excluding carboxylic acids is 2. The first-order chi connectivity index (χ1) is 9.09. The van der Waals surface area contributed by atoms with Gasteiger partial charge in [0.15, 0.2) is 0 Å². The highest BCUT2D eigenvalue weighted by Crippen LogP contribution is 2.38. The summed E-state index contributed by atoms with van der Waals surface area (Å²) >= 11 is 0. The quantitative estimate of drug-likeness (QED) is 0.793. The molecule has 2 amide bonds. The van der Waals surface area contributed by atoms with Gasteiger partial charge in [0.05, 0.1) is 17.9 Å². The van der Waals surface area contributed by atoms with Crippen LogP contribution in [0.1, 0.15) is 25.3 Å². The van der Waals surface area contributed by atoms with Gasteiger partial charge in [-0.05, 0) is 17.5 Å². The molecule has 2 heterocycles. The van der Waals surface area contributed by atoms with Crippen LogP contribution in [0.5, 0.6) is 0 Å². The monoisotopic (exact) mass is 259 g/mol. The van der Waals surface area contributed by atoms with Gasteiger partial charge in [-0.1, -0.05) is 26.0 Å². The summed E-state index contributed by atoms with van der Waals surface area (Å²) in [4.78, 5) is 25.9. The summed E-state index contributed by atoms with van der Waals surface area (Å²) < 4.78 is 0. The van der Waals surface area contributed by atoms with Gasteiger partial charge < -0.3 is 10.6 Å². The van der Waals surface area contributed by atoms with Gasteiger partial charge in [-0.2, -0.15) is 0 Å². The molecule has 2 aliphatic heterocycles. The Kier molecular flexibility index (Phi) is 2.78. The van der Waals surface area contributed by atoms with E-state index < -0.39 is 6.04 Å². The maximum Gasteiger partial charge on any atom is 0.248 e. The fourth-order valence-electron chi connectivity index (χ4n) is 2.76. The maximum absolute atomic E-state index is 12.2. The van der Waals surface area contributed by atoms with Gasteiger partial charge in [-0.15, -0.1) is 0 Å². The number of nitrogens with one attached hydrogen (secondary N) is 2. The largest absolute Gasteiger partial charge is 0.322 e. The smallest absolute Gasteiger partial charge is 0.248 e. The zero-order valence-corrected chi connectivity index (χ0v) is 11.1. The van der Waals surface area contributed by atoms with Crippen molar-refractivity contribution in [1.82, 2.24) is 5.32 Å². The lowest BCUT2D eigenvalue weighted by Gasteiger charge is -2.40. The first kappa shape index (κ1) is 12.2. The number of benzene rings is 1. The normalized spacial score (nSPS) is 22.1. The molecule has 1 atom stereocenters. The minimum atomic E-state index is -0.434. The summed E-state index contributed by atoms with van der Waals surface area (Å²) in [6, 6.07) is 5.40. The molecule has 5 heteroatoms. The van der Waals surface area contributed by atoms with Crippen LogP contribution < -0.4 is 15.5 Å². The highest BCUT2D eigenvalue weighted by atomic mass is 16.2. The first-order valence-corrected chi connectivity index (χ1v) is 6.56. The van der Waals surface area contributed by atoms with Crippen LogP contribution in [0.3, 0.4) is 0 Å². The Morgan fingerprint density at radius 2 is 2.11 bits per heavy atom. The highest BCUT2D eigenvalue weighted by Gasteiger charge is 2.39. The number of hydrogen-bond acceptors (Lipinski definition) is 3. The van der Waals surface area contributed by atoms with Crippen molar-refractivity contribution in [2.75, 3.05) is 23.3 Å². The van der Waals surface area contributed by atoms with Crippen LogP contribution >= 0.6 is 0 Å². The van der Waals surface area contributed by atoms with Crippen molar-refractivity contribution in [3.05, 3.63) is 23.8 Å². The summed E-state index contributed by atoms with van der Waals surface area (Å²) in [5.41, 5.74) is 2.67. The summed E-state index contributed by atoms with van der Waals surface area (Å²) in [7, 11) is 0. The molecule has 0 spiro atoms. The number of anilines is 2. The summed E-state index contributed by atoms with van der Waals surface area (Å²) in [5, 5.41) is 5.94. The summed E-state index contributed by atoms with van der Waals surface area (Å²) in [6.45, 7) is 4.94. The predicted octanol–water partition coefficient (Wildman–Crippen LogP) is 1.07. The van der Waals surface area contributed by atoms with Crippen LogP contribution in [-0.2, 0) is 9.59 Å². The Labute approximate surface area is 112 Å². The molecule has 0 bridgehead atoms. The van der Waals surface area contributed by atoms with Gasteiger partial charge in [0.25, 0.3) is 0 Å². The molecule has 1 aromatic rings. The number of fused-ring (bicyclic) bond motifs is 3. The third-order valence-corrected chi connectivity index (χ3v) is 3.70. The minimum Gasteiger partial charge on any atom is -0.322 e. The fourth-order valence-corrected chi connectivity index (χ4v) is 2.76. The molecular formula is C14H17N3O2. The number of carbonyl (C=O) groups is 2. The van der Waals surface area contributed by atoms with Crippen LogP contribution in [-0.4, -0.2) is 30.9 Å². The van der Waals surface area contributed by atoms with E-state index in [0.29, 0.717) is 12.5 Å². The number of para-hydroxylation sites is 1. The lowest BCUT2D eigenvalue weighted by molar-refractivity contribution is -0.124. The van der Waals surface area contributed by atoms with Crippen LogP contribution in [0, 0.1) is 0 Å². The maximum atomic E-state index is 12.2. The van der Waals surface area contributed by atoms with Crippen LogP contribution in [0.15, 0.2) is 18.2 Å². The molecule has 2 N–H and O–H groups in total. The summed E-state index contributed by atoms with van der Waals surface area (Å²) in [5.74, 6) is 0.138. The third-order valence-electron chi connectivity index (χ3n) is 3.70.